The minimum absolute atomic E-state index is 0.0156. The lowest BCUT2D eigenvalue weighted by atomic mass is 10.0. The van der Waals surface area contributed by atoms with Crippen molar-refractivity contribution < 1.29 is 9.59 Å². The first-order valence-electron chi connectivity index (χ1n) is 9.21. The van der Waals surface area contributed by atoms with Crippen molar-refractivity contribution in [1.82, 2.24) is 10.2 Å². The highest BCUT2D eigenvalue weighted by molar-refractivity contribution is 6.01. The number of benzene rings is 1. The molecule has 2 amide bonds. The third kappa shape index (κ3) is 4.69. The number of aryl methyl sites for hydroxylation is 1. The first-order chi connectivity index (χ1) is 12.1. The summed E-state index contributed by atoms with van der Waals surface area (Å²) >= 11 is 0. The van der Waals surface area contributed by atoms with Crippen molar-refractivity contribution in [2.45, 2.75) is 38.6 Å². The molecule has 0 spiro atoms. The Hall–Kier alpha value is -2.14. The van der Waals surface area contributed by atoms with E-state index in [1.54, 1.807) is 11.0 Å². The smallest absolute Gasteiger partial charge is 0.249 e. The number of hydrogen-bond acceptors (Lipinski definition) is 3. The van der Waals surface area contributed by atoms with Crippen LogP contribution in [-0.2, 0) is 9.59 Å². The molecule has 2 saturated heterocycles. The van der Waals surface area contributed by atoms with Crippen molar-refractivity contribution >= 4 is 17.5 Å². The van der Waals surface area contributed by atoms with Gasteiger partial charge in [-0.1, -0.05) is 18.2 Å². The standard InChI is InChI=1S/C20H27N3O2/c1-16-7-4-8-17(15-16)23-14-5-9-18(20(23)25)21-19(24)10-6-13-22-11-2-3-12-22/h4,6-8,10,15,18H,2-3,5,9,11-14H2,1H3,(H,21,24)/b10-6+. The van der Waals surface area contributed by atoms with Gasteiger partial charge in [-0.25, -0.2) is 0 Å². The van der Waals surface area contributed by atoms with Gasteiger partial charge in [-0.3, -0.25) is 14.5 Å². The van der Waals surface area contributed by atoms with Gasteiger partial charge >= 0.3 is 0 Å². The van der Waals surface area contributed by atoms with Gasteiger partial charge in [0, 0.05) is 24.9 Å². The molecule has 1 N–H and O–H groups in total. The van der Waals surface area contributed by atoms with Crippen LogP contribution in [0.15, 0.2) is 36.4 Å². The average molecular weight is 341 g/mol. The number of carbonyl (C=O) groups is 2. The molecular weight excluding hydrogens is 314 g/mol. The van der Waals surface area contributed by atoms with E-state index in [1.807, 2.05) is 37.3 Å². The monoisotopic (exact) mass is 341 g/mol. The lowest BCUT2D eigenvalue weighted by molar-refractivity contribution is -0.126. The molecule has 1 unspecified atom stereocenters. The Morgan fingerprint density at radius 3 is 2.80 bits per heavy atom. The summed E-state index contributed by atoms with van der Waals surface area (Å²) in [4.78, 5) is 29.0. The molecule has 5 heteroatoms. The minimum atomic E-state index is -0.432. The van der Waals surface area contributed by atoms with Gasteiger partial charge < -0.3 is 10.2 Å². The van der Waals surface area contributed by atoms with E-state index < -0.39 is 6.04 Å². The molecular formula is C20H27N3O2. The molecule has 0 saturated carbocycles. The second-order valence-corrected chi connectivity index (χ2v) is 6.94. The van der Waals surface area contributed by atoms with Crippen LogP contribution in [0, 0.1) is 6.92 Å². The zero-order valence-electron chi connectivity index (χ0n) is 14.9. The summed E-state index contributed by atoms with van der Waals surface area (Å²) in [5.41, 5.74) is 2.04. The molecule has 0 bridgehead atoms. The normalized spacial score (nSPS) is 21.9. The van der Waals surface area contributed by atoms with E-state index in [2.05, 4.69) is 10.2 Å². The Morgan fingerprint density at radius 1 is 1.24 bits per heavy atom. The van der Waals surface area contributed by atoms with Gasteiger partial charge in [0.15, 0.2) is 0 Å². The van der Waals surface area contributed by atoms with Crippen LogP contribution in [0.5, 0.6) is 0 Å². The van der Waals surface area contributed by atoms with E-state index in [-0.39, 0.29) is 11.8 Å². The van der Waals surface area contributed by atoms with Crippen LogP contribution in [0.4, 0.5) is 5.69 Å². The molecule has 2 aliphatic heterocycles. The lowest BCUT2D eigenvalue weighted by Gasteiger charge is -2.32. The third-order valence-electron chi connectivity index (χ3n) is 4.90. The van der Waals surface area contributed by atoms with Crippen LogP contribution in [0.25, 0.3) is 0 Å². The molecule has 5 nitrogen and oxygen atoms in total. The molecule has 0 radical (unpaired) electrons. The van der Waals surface area contributed by atoms with E-state index in [9.17, 15) is 9.59 Å². The fourth-order valence-electron chi connectivity index (χ4n) is 3.56. The molecule has 1 aromatic rings. The van der Waals surface area contributed by atoms with Crippen LogP contribution in [0.2, 0.25) is 0 Å². The molecule has 1 atom stereocenters. The highest BCUT2D eigenvalue weighted by Gasteiger charge is 2.30. The number of rotatable bonds is 5. The largest absolute Gasteiger partial charge is 0.341 e. The van der Waals surface area contributed by atoms with Crippen LogP contribution in [0.3, 0.4) is 0 Å². The maximum atomic E-state index is 12.7. The summed E-state index contributed by atoms with van der Waals surface area (Å²) < 4.78 is 0. The molecule has 3 rings (SSSR count). The molecule has 1 aromatic carbocycles. The molecule has 2 fully saturated rings. The van der Waals surface area contributed by atoms with E-state index in [0.717, 1.165) is 37.3 Å². The molecule has 134 valence electrons. The molecule has 2 heterocycles. The van der Waals surface area contributed by atoms with Crippen molar-refractivity contribution in [1.29, 1.82) is 0 Å². The summed E-state index contributed by atoms with van der Waals surface area (Å²) in [5.74, 6) is -0.193. The van der Waals surface area contributed by atoms with Gasteiger partial charge in [-0.15, -0.1) is 0 Å². The highest BCUT2D eigenvalue weighted by atomic mass is 16.2. The summed E-state index contributed by atoms with van der Waals surface area (Å²) in [5, 5.41) is 2.87. The molecule has 25 heavy (non-hydrogen) atoms. The van der Waals surface area contributed by atoms with Gasteiger partial charge in [0.25, 0.3) is 0 Å². The Bertz CT molecular complexity index is 650. The topological polar surface area (TPSA) is 52.7 Å². The number of anilines is 1. The minimum Gasteiger partial charge on any atom is -0.341 e. The molecule has 0 aliphatic carbocycles. The Kier molecular flexibility index (Phi) is 5.87. The van der Waals surface area contributed by atoms with E-state index in [0.29, 0.717) is 13.0 Å². The number of carbonyl (C=O) groups excluding carboxylic acids is 2. The maximum Gasteiger partial charge on any atom is 0.249 e. The summed E-state index contributed by atoms with van der Waals surface area (Å²) in [6.07, 6.45) is 7.54. The first-order valence-corrected chi connectivity index (χ1v) is 9.21. The summed E-state index contributed by atoms with van der Waals surface area (Å²) in [6, 6.07) is 7.50. The Balaban J connectivity index is 1.55. The zero-order valence-corrected chi connectivity index (χ0v) is 14.9. The van der Waals surface area contributed by atoms with Crippen LogP contribution < -0.4 is 10.2 Å². The number of hydrogen-bond donors (Lipinski definition) is 1. The van der Waals surface area contributed by atoms with E-state index in [4.69, 9.17) is 0 Å². The van der Waals surface area contributed by atoms with Crippen molar-refractivity contribution in [2.24, 2.45) is 0 Å². The van der Waals surface area contributed by atoms with Gasteiger partial charge in [-0.2, -0.15) is 0 Å². The Morgan fingerprint density at radius 2 is 2.04 bits per heavy atom. The molecule has 0 aromatic heterocycles. The SMILES string of the molecule is Cc1cccc(N2CCCC(NC(=O)/C=C/CN3CCCC3)C2=O)c1. The quantitative estimate of drug-likeness (QED) is 0.836. The molecule has 2 aliphatic rings. The van der Waals surface area contributed by atoms with Crippen LogP contribution in [-0.4, -0.2) is 48.9 Å². The van der Waals surface area contributed by atoms with Crippen molar-refractivity contribution in [3.63, 3.8) is 0 Å². The number of nitrogens with one attached hydrogen (secondary N) is 1. The summed E-state index contributed by atoms with van der Waals surface area (Å²) in [6.45, 7) is 5.75. The van der Waals surface area contributed by atoms with Crippen LogP contribution in [0.1, 0.15) is 31.2 Å². The van der Waals surface area contributed by atoms with Crippen molar-refractivity contribution in [3.8, 4) is 0 Å². The fourth-order valence-corrected chi connectivity index (χ4v) is 3.56. The number of piperidine rings is 1. The van der Waals surface area contributed by atoms with Crippen molar-refractivity contribution in [3.05, 3.63) is 42.0 Å². The highest BCUT2D eigenvalue weighted by Crippen LogP contribution is 2.22. The van der Waals surface area contributed by atoms with Crippen molar-refractivity contribution in [2.75, 3.05) is 31.1 Å². The predicted molar refractivity (Wildman–Crippen MR) is 99.5 cm³/mol. The maximum absolute atomic E-state index is 12.7. The number of likely N-dealkylation sites (tertiary alicyclic amines) is 1. The van der Waals surface area contributed by atoms with Crippen LogP contribution >= 0.6 is 0 Å². The van der Waals surface area contributed by atoms with E-state index in [1.165, 1.54) is 12.8 Å². The second kappa shape index (κ2) is 8.30. The van der Waals surface area contributed by atoms with E-state index >= 15 is 0 Å². The third-order valence-corrected chi connectivity index (χ3v) is 4.90. The predicted octanol–water partition coefficient (Wildman–Crippen LogP) is 2.26. The lowest BCUT2D eigenvalue weighted by Crippen LogP contribution is -2.52. The van der Waals surface area contributed by atoms with Gasteiger partial charge in [0.2, 0.25) is 11.8 Å². The number of amides is 2. The average Bonchev–Trinajstić information content (AvgIpc) is 3.10. The summed E-state index contributed by atoms with van der Waals surface area (Å²) in [7, 11) is 0. The van der Waals surface area contributed by atoms with Gasteiger partial charge in [-0.05, 0) is 63.4 Å². The second-order valence-electron chi connectivity index (χ2n) is 6.94. The van der Waals surface area contributed by atoms with Gasteiger partial charge in [0.1, 0.15) is 6.04 Å². The Labute approximate surface area is 149 Å². The number of nitrogens with zero attached hydrogens (tertiary/aromatic N) is 2. The first kappa shape index (κ1) is 17.7. The van der Waals surface area contributed by atoms with Gasteiger partial charge in [0.05, 0.1) is 0 Å². The zero-order chi connectivity index (χ0) is 17.6. The fraction of sp³-hybridized carbons (Fsp3) is 0.500.